The minimum atomic E-state index is -0.0898. The fourth-order valence-corrected chi connectivity index (χ4v) is 3.30. The normalized spacial score (nSPS) is 10.2. The standard InChI is InChI=1S/C27H23N3O/c31-27(29-16-7-18-30-19-17-28-21-30)25-14-15-26(23-10-5-2-6-11-23)24(20-25)13-12-22-8-3-1-4-9-22/h1-6,8-11,14-15,17,19-21H,7,16,18H2,(H,29,31). The van der Waals surface area contributed by atoms with Gasteiger partial charge in [-0.2, -0.15) is 0 Å². The number of nitrogens with zero attached hydrogens (tertiary/aromatic N) is 2. The topological polar surface area (TPSA) is 46.9 Å². The third-order valence-corrected chi connectivity index (χ3v) is 4.92. The van der Waals surface area contributed by atoms with Crippen LogP contribution in [0.5, 0.6) is 0 Å². The van der Waals surface area contributed by atoms with Crippen LogP contribution in [0.4, 0.5) is 0 Å². The molecule has 0 aliphatic heterocycles. The Morgan fingerprint density at radius 1 is 0.935 bits per heavy atom. The first kappa shape index (κ1) is 20.2. The van der Waals surface area contributed by atoms with E-state index in [0.717, 1.165) is 35.2 Å². The number of nitrogens with one attached hydrogen (secondary N) is 1. The SMILES string of the molecule is O=C(NCCCn1ccnc1)c1ccc(-c2ccccc2)c(C#Cc2ccccc2)c1. The van der Waals surface area contributed by atoms with Gasteiger partial charge in [0.15, 0.2) is 0 Å². The summed E-state index contributed by atoms with van der Waals surface area (Å²) in [6, 6.07) is 25.7. The first-order chi connectivity index (χ1) is 15.3. The van der Waals surface area contributed by atoms with Crippen LogP contribution in [0.2, 0.25) is 0 Å². The molecule has 3 aromatic carbocycles. The molecule has 0 saturated carbocycles. The summed E-state index contributed by atoms with van der Waals surface area (Å²) >= 11 is 0. The lowest BCUT2D eigenvalue weighted by atomic mass is 9.97. The maximum Gasteiger partial charge on any atom is 0.251 e. The number of carbonyl (C=O) groups is 1. The van der Waals surface area contributed by atoms with Gasteiger partial charge in [0.25, 0.3) is 5.91 Å². The molecule has 0 spiro atoms. The molecule has 0 unspecified atom stereocenters. The van der Waals surface area contributed by atoms with Gasteiger partial charge in [0.2, 0.25) is 0 Å². The molecule has 1 amide bonds. The molecule has 4 heteroatoms. The number of imidazole rings is 1. The average Bonchev–Trinajstić information content (AvgIpc) is 3.35. The highest BCUT2D eigenvalue weighted by Gasteiger charge is 2.10. The van der Waals surface area contributed by atoms with Gasteiger partial charge in [-0.05, 0) is 41.8 Å². The molecule has 0 saturated heterocycles. The summed E-state index contributed by atoms with van der Waals surface area (Å²) < 4.78 is 2.00. The molecule has 4 nitrogen and oxygen atoms in total. The van der Waals surface area contributed by atoms with Crippen LogP contribution in [0.3, 0.4) is 0 Å². The predicted octanol–water partition coefficient (Wildman–Crippen LogP) is 4.77. The summed E-state index contributed by atoms with van der Waals surface area (Å²) in [5.41, 5.74) is 4.48. The van der Waals surface area contributed by atoms with E-state index >= 15 is 0 Å². The highest BCUT2D eigenvalue weighted by molar-refractivity contribution is 5.95. The Labute approximate surface area is 182 Å². The Hall–Kier alpha value is -4.10. The summed E-state index contributed by atoms with van der Waals surface area (Å²) in [7, 11) is 0. The van der Waals surface area contributed by atoms with Gasteiger partial charge < -0.3 is 9.88 Å². The molecule has 0 atom stereocenters. The van der Waals surface area contributed by atoms with Crippen LogP contribution in [-0.4, -0.2) is 22.0 Å². The van der Waals surface area contributed by atoms with Crippen LogP contribution in [0.15, 0.2) is 97.6 Å². The van der Waals surface area contributed by atoms with Crippen molar-refractivity contribution >= 4 is 5.91 Å². The minimum absolute atomic E-state index is 0.0898. The van der Waals surface area contributed by atoms with Crippen LogP contribution in [-0.2, 0) is 6.54 Å². The second kappa shape index (κ2) is 10.1. The van der Waals surface area contributed by atoms with E-state index in [-0.39, 0.29) is 5.91 Å². The van der Waals surface area contributed by atoms with Crippen molar-refractivity contribution in [2.45, 2.75) is 13.0 Å². The Balaban J connectivity index is 1.53. The first-order valence-corrected chi connectivity index (χ1v) is 10.3. The number of benzene rings is 3. The van der Waals surface area contributed by atoms with Gasteiger partial charge in [-0.1, -0.05) is 66.4 Å². The zero-order valence-electron chi connectivity index (χ0n) is 17.2. The predicted molar refractivity (Wildman–Crippen MR) is 123 cm³/mol. The smallest absolute Gasteiger partial charge is 0.251 e. The summed E-state index contributed by atoms with van der Waals surface area (Å²) in [6.45, 7) is 1.42. The summed E-state index contributed by atoms with van der Waals surface area (Å²) in [6.07, 6.45) is 6.29. The van der Waals surface area contributed by atoms with E-state index in [1.165, 1.54) is 0 Å². The van der Waals surface area contributed by atoms with E-state index in [0.29, 0.717) is 12.1 Å². The van der Waals surface area contributed by atoms with E-state index in [1.54, 1.807) is 12.5 Å². The highest BCUT2D eigenvalue weighted by Crippen LogP contribution is 2.24. The van der Waals surface area contributed by atoms with Crippen LogP contribution in [0.1, 0.15) is 27.9 Å². The van der Waals surface area contributed by atoms with Crippen LogP contribution < -0.4 is 5.32 Å². The Bertz CT molecular complexity index is 1190. The van der Waals surface area contributed by atoms with Crippen molar-refractivity contribution in [2.24, 2.45) is 0 Å². The maximum atomic E-state index is 12.7. The molecule has 0 fully saturated rings. The maximum absolute atomic E-state index is 12.7. The van der Waals surface area contributed by atoms with Crippen LogP contribution >= 0.6 is 0 Å². The van der Waals surface area contributed by atoms with E-state index in [4.69, 9.17) is 0 Å². The molecule has 0 bridgehead atoms. The van der Waals surface area contributed by atoms with Crippen LogP contribution in [0, 0.1) is 11.8 Å². The molecule has 1 aromatic heterocycles. The first-order valence-electron chi connectivity index (χ1n) is 10.3. The van der Waals surface area contributed by atoms with Gasteiger partial charge in [0.05, 0.1) is 6.33 Å². The fourth-order valence-electron chi connectivity index (χ4n) is 3.30. The summed E-state index contributed by atoms with van der Waals surface area (Å²) in [5, 5.41) is 3.00. The lowest BCUT2D eigenvalue weighted by Gasteiger charge is -2.09. The third-order valence-electron chi connectivity index (χ3n) is 4.92. The van der Waals surface area contributed by atoms with E-state index in [2.05, 4.69) is 34.3 Å². The lowest BCUT2D eigenvalue weighted by molar-refractivity contribution is 0.0952. The number of hydrogen-bond acceptors (Lipinski definition) is 2. The zero-order chi connectivity index (χ0) is 21.3. The number of aromatic nitrogens is 2. The number of aryl methyl sites for hydroxylation is 1. The Kier molecular flexibility index (Phi) is 6.57. The van der Waals surface area contributed by atoms with Crippen molar-refractivity contribution in [3.63, 3.8) is 0 Å². The van der Waals surface area contributed by atoms with Crippen molar-refractivity contribution in [1.82, 2.24) is 14.9 Å². The largest absolute Gasteiger partial charge is 0.352 e. The number of carbonyl (C=O) groups excluding carboxylic acids is 1. The van der Waals surface area contributed by atoms with Gasteiger partial charge >= 0.3 is 0 Å². The van der Waals surface area contributed by atoms with Crippen LogP contribution in [0.25, 0.3) is 11.1 Å². The molecule has 0 aliphatic rings. The van der Waals surface area contributed by atoms with E-state index < -0.39 is 0 Å². The van der Waals surface area contributed by atoms with Gasteiger partial charge in [-0.15, -0.1) is 0 Å². The molecule has 1 N–H and O–H groups in total. The van der Waals surface area contributed by atoms with Crippen molar-refractivity contribution in [2.75, 3.05) is 6.54 Å². The highest BCUT2D eigenvalue weighted by atomic mass is 16.1. The minimum Gasteiger partial charge on any atom is -0.352 e. The zero-order valence-corrected chi connectivity index (χ0v) is 17.2. The number of hydrogen-bond donors (Lipinski definition) is 1. The molecular weight excluding hydrogens is 382 g/mol. The molecular formula is C27H23N3O. The molecule has 152 valence electrons. The van der Waals surface area contributed by atoms with Crippen molar-refractivity contribution in [3.8, 4) is 23.0 Å². The third kappa shape index (κ3) is 5.49. The molecule has 4 rings (SSSR count). The second-order valence-corrected chi connectivity index (χ2v) is 7.15. The molecule has 4 aromatic rings. The van der Waals surface area contributed by atoms with Gasteiger partial charge in [0, 0.05) is 42.2 Å². The Morgan fingerprint density at radius 2 is 1.71 bits per heavy atom. The lowest BCUT2D eigenvalue weighted by Crippen LogP contribution is -2.25. The summed E-state index contributed by atoms with van der Waals surface area (Å²) in [4.78, 5) is 16.7. The van der Waals surface area contributed by atoms with Gasteiger partial charge in [0.1, 0.15) is 0 Å². The van der Waals surface area contributed by atoms with Gasteiger partial charge in [-0.3, -0.25) is 4.79 Å². The van der Waals surface area contributed by atoms with Gasteiger partial charge in [-0.25, -0.2) is 4.98 Å². The van der Waals surface area contributed by atoms with Crippen molar-refractivity contribution < 1.29 is 4.79 Å². The second-order valence-electron chi connectivity index (χ2n) is 7.15. The number of amides is 1. The monoisotopic (exact) mass is 405 g/mol. The van der Waals surface area contributed by atoms with E-state index in [1.807, 2.05) is 77.5 Å². The van der Waals surface area contributed by atoms with Crippen molar-refractivity contribution in [3.05, 3.63) is 114 Å². The molecule has 0 radical (unpaired) electrons. The quantitative estimate of drug-likeness (QED) is 0.371. The summed E-state index contributed by atoms with van der Waals surface area (Å²) in [5.74, 6) is 6.39. The average molecular weight is 406 g/mol. The molecule has 1 heterocycles. The molecule has 0 aliphatic carbocycles. The fraction of sp³-hybridized carbons (Fsp3) is 0.111. The number of rotatable bonds is 6. The molecule has 31 heavy (non-hydrogen) atoms. The van der Waals surface area contributed by atoms with Crippen molar-refractivity contribution in [1.29, 1.82) is 0 Å². The Morgan fingerprint density at radius 3 is 2.45 bits per heavy atom. The van der Waals surface area contributed by atoms with E-state index in [9.17, 15) is 4.79 Å².